The van der Waals surface area contributed by atoms with Crippen molar-refractivity contribution in [3.05, 3.63) is 24.1 Å². The number of ether oxygens (including phenoxy) is 3. The molecule has 1 aromatic heterocycles. The summed E-state index contributed by atoms with van der Waals surface area (Å²) in [5.74, 6) is 2.09. The second kappa shape index (κ2) is 8.92. The zero-order valence-corrected chi connectivity index (χ0v) is 16.4. The summed E-state index contributed by atoms with van der Waals surface area (Å²) in [6, 6.07) is 3.47. The van der Waals surface area contributed by atoms with Gasteiger partial charge < -0.3 is 30.2 Å². The van der Waals surface area contributed by atoms with Gasteiger partial charge in [-0.1, -0.05) is 0 Å². The molecule has 0 radical (unpaired) electrons. The number of hydrogen-bond donors (Lipinski definition) is 2. The Kier molecular flexibility index (Phi) is 6.35. The lowest BCUT2D eigenvalue weighted by molar-refractivity contribution is 0.324. The van der Waals surface area contributed by atoms with Crippen LogP contribution in [0, 0.1) is 11.7 Å². The molecule has 0 spiro atoms. The first-order valence-corrected chi connectivity index (χ1v) is 9.14. The van der Waals surface area contributed by atoms with Crippen molar-refractivity contribution in [1.29, 1.82) is 0 Å². The molecule has 152 valence electrons. The Hall–Kier alpha value is -2.81. The van der Waals surface area contributed by atoms with Crippen LogP contribution < -0.4 is 30.2 Å². The van der Waals surface area contributed by atoms with Crippen molar-refractivity contribution in [1.82, 2.24) is 9.97 Å². The smallest absolute Gasteiger partial charge is 0.229 e. The number of halogens is 1. The molecule has 0 aliphatic carbocycles. The van der Waals surface area contributed by atoms with Gasteiger partial charge in [0, 0.05) is 30.9 Å². The summed E-state index contributed by atoms with van der Waals surface area (Å²) < 4.78 is 30.4. The number of piperidine rings is 1. The lowest BCUT2D eigenvalue weighted by Crippen LogP contribution is -2.37. The number of aromatic nitrogens is 2. The number of nitrogens with one attached hydrogen (secondary N) is 1. The van der Waals surface area contributed by atoms with Crippen molar-refractivity contribution in [3.63, 3.8) is 0 Å². The minimum absolute atomic E-state index is 0.284. The normalized spacial score (nSPS) is 14.7. The molecule has 1 fully saturated rings. The van der Waals surface area contributed by atoms with Gasteiger partial charge in [-0.3, -0.25) is 0 Å². The average molecular weight is 391 g/mol. The highest BCUT2D eigenvalue weighted by Gasteiger charge is 2.22. The molecule has 0 amide bonds. The van der Waals surface area contributed by atoms with Gasteiger partial charge in [0.1, 0.15) is 0 Å². The van der Waals surface area contributed by atoms with Crippen LogP contribution in [-0.4, -0.2) is 50.9 Å². The van der Waals surface area contributed by atoms with Crippen molar-refractivity contribution in [2.45, 2.75) is 12.8 Å². The van der Waals surface area contributed by atoms with E-state index in [2.05, 4.69) is 15.3 Å². The highest BCUT2D eigenvalue weighted by Crippen LogP contribution is 2.40. The molecule has 3 rings (SSSR count). The minimum Gasteiger partial charge on any atom is -0.493 e. The van der Waals surface area contributed by atoms with E-state index in [1.807, 2.05) is 4.90 Å². The van der Waals surface area contributed by atoms with Crippen molar-refractivity contribution in [2.75, 3.05) is 51.2 Å². The molecule has 3 N–H and O–H groups in total. The van der Waals surface area contributed by atoms with E-state index in [-0.39, 0.29) is 5.95 Å². The van der Waals surface area contributed by atoms with E-state index >= 15 is 0 Å². The summed E-state index contributed by atoms with van der Waals surface area (Å²) in [5.41, 5.74) is 6.37. The van der Waals surface area contributed by atoms with Crippen LogP contribution in [0.3, 0.4) is 0 Å². The van der Waals surface area contributed by atoms with Crippen LogP contribution in [-0.2, 0) is 0 Å². The van der Waals surface area contributed by atoms with Gasteiger partial charge in [0.05, 0.1) is 27.5 Å². The first-order valence-electron chi connectivity index (χ1n) is 9.14. The lowest BCUT2D eigenvalue weighted by Gasteiger charge is -2.32. The van der Waals surface area contributed by atoms with E-state index in [0.29, 0.717) is 41.2 Å². The maximum atomic E-state index is 14.3. The number of methoxy groups -OCH3 is 3. The fourth-order valence-electron chi connectivity index (χ4n) is 3.30. The maximum absolute atomic E-state index is 14.3. The van der Waals surface area contributed by atoms with Gasteiger partial charge in [0.2, 0.25) is 11.7 Å². The molecule has 2 heterocycles. The van der Waals surface area contributed by atoms with Gasteiger partial charge in [-0.2, -0.15) is 4.98 Å². The van der Waals surface area contributed by atoms with Crippen molar-refractivity contribution in [3.8, 4) is 17.2 Å². The number of hydrogen-bond acceptors (Lipinski definition) is 8. The molecule has 1 aromatic carbocycles. The zero-order chi connectivity index (χ0) is 20.1. The molecule has 0 saturated carbocycles. The summed E-state index contributed by atoms with van der Waals surface area (Å²) >= 11 is 0. The van der Waals surface area contributed by atoms with Gasteiger partial charge in [-0.25, -0.2) is 9.37 Å². The molecule has 28 heavy (non-hydrogen) atoms. The first-order chi connectivity index (χ1) is 13.6. The highest BCUT2D eigenvalue weighted by atomic mass is 19.1. The van der Waals surface area contributed by atoms with Gasteiger partial charge in [0.25, 0.3) is 0 Å². The molecule has 0 atom stereocenters. The molecule has 1 aliphatic heterocycles. The molecule has 0 bridgehead atoms. The van der Waals surface area contributed by atoms with Gasteiger partial charge in [-0.15, -0.1) is 0 Å². The fourth-order valence-corrected chi connectivity index (χ4v) is 3.30. The Bertz CT molecular complexity index is 787. The third-order valence-corrected chi connectivity index (χ3v) is 4.89. The van der Waals surface area contributed by atoms with E-state index in [0.717, 1.165) is 25.9 Å². The Balaban J connectivity index is 1.84. The Labute approximate surface area is 163 Å². The van der Waals surface area contributed by atoms with Crippen LogP contribution in [0.4, 0.5) is 21.8 Å². The predicted octanol–water partition coefficient (Wildman–Crippen LogP) is 2.56. The third-order valence-electron chi connectivity index (χ3n) is 4.89. The summed E-state index contributed by atoms with van der Waals surface area (Å²) in [5, 5.41) is 3.08. The van der Waals surface area contributed by atoms with Crippen LogP contribution >= 0.6 is 0 Å². The van der Waals surface area contributed by atoms with Gasteiger partial charge in [-0.05, 0) is 25.3 Å². The van der Waals surface area contributed by atoms with Gasteiger partial charge >= 0.3 is 0 Å². The molecule has 1 aliphatic rings. The van der Waals surface area contributed by atoms with Crippen molar-refractivity contribution in [2.24, 2.45) is 11.7 Å². The highest BCUT2D eigenvalue weighted by molar-refractivity contribution is 5.66. The molecule has 9 heteroatoms. The fraction of sp³-hybridized carbons (Fsp3) is 0.474. The second-order valence-corrected chi connectivity index (χ2v) is 6.57. The van der Waals surface area contributed by atoms with Crippen LogP contribution in [0.2, 0.25) is 0 Å². The standard InChI is InChI=1S/C19H26FN5O3/c1-26-15-8-13(9-16(27-2)17(15)28-3)23-19-22-11-14(20)18(24-19)25-6-4-12(10-21)5-7-25/h8-9,11-12H,4-7,10,21H2,1-3H3,(H,22,23,24). The van der Waals surface area contributed by atoms with E-state index in [9.17, 15) is 4.39 Å². The van der Waals surface area contributed by atoms with E-state index in [1.54, 1.807) is 26.4 Å². The SMILES string of the molecule is COc1cc(Nc2ncc(F)c(N3CCC(CN)CC3)n2)cc(OC)c1OC. The molecule has 8 nitrogen and oxygen atoms in total. The van der Waals surface area contributed by atoms with Crippen LogP contribution in [0.1, 0.15) is 12.8 Å². The molecular formula is C19H26FN5O3. The minimum atomic E-state index is -0.443. The van der Waals surface area contributed by atoms with Crippen LogP contribution in [0.25, 0.3) is 0 Å². The van der Waals surface area contributed by atoms with Crippen molar-refractivity contribution < 1.29 is 18.6 Å². The number of anilines is 3. The monoisotopic (exact) mass is 391 g/mol. The number of nitrogens with zero attached hydrogens (tertiary/aromatic N) is 3. The number of nitrogens with two attached hydrogens (primary N) is 1. The summed E-state index contributed by atoms with van der Waals surface area (Å²) in [7, 11) is 4.62. The Morgan fingerprint density at radius 2 is 1.79 bits per heavy atom. The first kappa shape index (κ1) is 19.9. The number of benzene rings is 1. The van der Waals surface area contributed by atoms with E-state index < -0.39 is 5.82 Å². The quantitative estimate of drug-likeness (QED) is 0.744. The average Bonchev–Trinajstić information content (AvgIpc) is 2.74. The third kappa shape index (κ3) is 4.19. The molecule has 0 unspecified atom stereocenters. The topological polar surface area (TPSA) is 94.8 Å². The number of rotatable bonds is 7. The predicted molar refractivity (Wildman–Crippen MR) is 105 cm³/mol. The van der Waals surface area contributed by atoms with E-state index in [1.165, 1.54) is 13.3 Å². The summed E-state index contributed by atoms with van der Waals surface area (Å²) in [4.78, 5) is 10.4. The summed E-state index contributed by atoms with van der Waals surface area (Å²) in [6.07, 6.45) is 3.03. The Morgan fingerprint density at radius 1 is 1.14 bits per heavy atom. The molecular weight excluding hydrogens is 365 g/mol. The second-order valence-electron chi connectivity index (χ2n) is 6.57. The zero-order valence-electron chi connectivity index (χ0n) is 16.4. The summed E-state index contributed by atoms with van der Waals surface area (Å²) in [6.45, 7) is 2.10. The van der Waals surface area contributed by atoms with Crippen LogP contribution in [0.5, 0.6) is 17.2 Å². The van der Waals surface area contributed by atoms with E-state index in [4.69, 9.17) is 19.9 Å². The maximum Gasteiger partial charge on any atom is 0.229 e. The molecule has 1 saturated heterocycles. The molecule has 2 aromatic rings. The van der Waals surface area contributed by atoms with Gasteiger partial charge in [0.15, 0.2) is 23.1 Å². The van der Waals surface area contributed by atoms with Crippen LogP contribution in [0.15, 0.2) is 18.3 Å². The Morgan fingerprint density at radius 3 is 2.32 bits per heavy atom. The lowest BCUT2D eigenvalue weighted by atomic mass is 9.97. The largest absolute Gasteiger partial charge is 0.493 e. The van der Waals surface area contributed by atoms with Crippen molar-refractivity contribution >= 4 is 17.5 Å².